The van der Waals surface area contributed by atoms with E-state index in [1.807, 2.05) is 77.7 Å². The summed E-state index contributed by atoms with van der Waals surface area (Å²) < 4.78 is 7.68. The van der Waals surface area contributed by atoms with Gasteiger partial charge in [0.1, 0.15) is 29.3 Å². The monoisotopic (exact) mass is 651 g/mol. The van der Waals surface area contributed by atoms with Crippen LogP contribution in [0.1, 0.15) is 12.8 Å². The Morgan fingerprint density at radius 2 is 1.73 bits per heavy atom. The predicted molar refractivity (Wildman–Crippen MR) is 173 cm³/mol. The molecule has 3 N–H and O–H groups in total. The Morgan fingerprint density at radius 3 is 2.52 bits per heavy atom. The zero-order valence-corrected chi connectivity index (χ0v) is 25.9. The number of amides is 1. The molecule has 1 unspecified atom stereocenters. The summed E-state index contributed by atoms with van der Waals surface area (Å²) in [5.41, 5.74) is 11.8. The zero-order valence-electron chi connectivity index (χ0n) is 25.9. The Hall–Kier alpha value is -5.48. The number of fused-ring (bicyclic) bond motifs is 2. The number of aromatic nitrogens is 4. The summed E-state index contributed by atoms with van der Waals surface area (Å²) in [6.45, 7) is 3.39. The number of anilines is 2. The van der Waals surface area contributed by atoms with Gasteiger partial charge in [-0.25, -0.2) is 14.6 Å². The van der Waals surface area contributed by atoms with E-state index in [1.165, 1.54) is 11.6 Å². The van der Waals surface area contributed by atoms with Crippen molar-refractivity contribution in [1.82, 2.24) is 35.5 Å². The Morgan fingerprint density at radius 1 is 0.938 bits per heavy atom. The van der Waals surface area contributed by atoms with Crippen molar-refractivity contribution in [3.05, 3.63) is 79.1 Å². The molecule has 48 heavy (non-hydrogen) atoms. The van der Waals surface area contributed by atoms with Crippen molar-refractivity contribution in [2.24, 2.45) is 0 Å². The largest absolute Gasteiger partial charge is 0.457 e. The van der Waals surface area contributed by atoms with Crippen LogP contribution in [0.5, 0.6) is 23.0 Å². The summed E-state index contributed by atoms with van der Waals surface area (Å²) in [6, 6.07) is 23.0. The van der Waals surface area contributed by atoms with E-state index in [2.05, 4.69) is 20.5 Å². The first-order chi connectivity index (χ1) is 23.6. The highest BCUT2D eigenvalue weighted by atomic mass is 17.0. The lowest BCUT2D eigenvalue weighted by Crippen LogP contribution is -2.49. The number of hydrogen-bond acceptors (Lipinski definition) is 13. The highest BCUT2D eigenvalue weighted by Gasteiger charge is 2.34. The number of nitrogen functional groups attached to an aromatic ring is 1. The van der Waals surface area contributed by atoms with E-state index in [4.69, 9.17) is 34.9 Å². The summed E-state index contributed by atoms with van der Waals surface area (Å²) in [5.74, 6) is 3.05. The third-order valence-corrected chi connectivity index (χ3v) is 8.45. The highest BCUT2D eigenvalue weighted by Crippen LogP contribution is 2.39. The molecular weight excluding hydrogens is 618 g/mol. The molecule has 2 aromatic heterocycles. The first-order valence-corrected chi connectivity index (χ1v) is 15.7. The number of para-hydroxylation sites is 1. The van der Waals surface area contributed by atoms with Gasteiger partial charge in [0, 0.05) is 56.3 Å². The maximum Gasteiger partial charge on any atom is 0.224 e. The molecule has 5 aromatic rings. The maximum atomic E-state index is 13.3. The summed E-state index contributed by atoms with van der Waals surface area (Å²) in [7, 11) is 0. The zero-order chi connectivity index (χ0) is 32.5. The van der Waals surface area contributed by atoms with E-state index in [0.29, 0.717) is 85.5 Å². The molecule has 0 saturated carbocycles. The molecule has 15 heteroatoms. The minimum atomic E-state index is -0.438. The number of nitrogens with one attached hydrogen (secondary N) is 1. The van der Waals surface area contributed by atoms with Gasteiger partial charge in [0.05, 0.1) is 23.8 Å². The number of piperazine rings is 1. The lowest BCUT2D eigenvalue weighted by molar-refractivity contribution is -0.376. The predicted octanol–water partition coefficient (Wildman–Crippen LogP) is 3.69. The van der Waals surface area contributed by atoms with Crippen molar-refractivity contribution in [1.29, 1.82) is 0 Å². The lowest BCUT2D eigenvalue weighted by Gasteiger charge is -2.36. The van der Waals surface area contributed by atoms with Crippen molar-refractivity contribution < 1.29 is 28.9 Å². The van der Waals surface area contributed by atoms with Crippen molar-refractivity contribution in [2.75, 3.05) is 43.4 Å². The number of nitrogens with two attached hydrogens (primary N) is 1. The number of carbonyl (C=O) groups excluding carboxylic acids is 1. The van der Waals surface area contributed by atoms with Gasteiger partial charge in [-0.2, -0.15) is 5.10 Å². The van der Waals surface area contributed by atoms with Gasteiger partial charge in [-0.15, -0.1) is 0 Å². The molecule has 3 aliphatic heterocycles. The maximum absolute atomic E-state index is 13.3. The molecule has 0 aliphatic carbocycles. The van der Waals surface area contributed by atoms with Crippen LogP contribution in [0.25, 0.3) is 22.3 Å². The van der Waals surface area contributed by atoms with Gasteiger partial charge in [-0.05, 0) is 48.5 Å². The molecule has 5 heterocycles. The van der Waals surface area contributed by atoms with E-state index in [-0.39, 0.29) is 12.3 Å². The molecule has 8 rings (SSSR count). The van der Waals surface area contributed by atoms with Crippen LogP contribution in [0.15, 0.2) is 79.1 Å². The number of hydroxylamine groups is 2. The third-order valence-electron chi connectivity index (χ3n) is 8.45. The van der Waals surface area contributed by atoms with Crippen LogP contribution in [0.4, 0.5) is 11.5 Å². The number of nitrogens with zero attached hydrogens (tertiary/aromatic N) is 7. The summed E-state index contributed by atoms with van der Waals surface area (Å²) in [6.07, 6.45) is 1.84. The summed E-state index contributed by atoms with van der Waals surface area (Å²) >= 11 is 0. The topological polar surface area (TPSA) is 155 Å². The van der Waals surface area contributed by atoms with E-state index >= 15 is 0 Å². The Bertz CT molecular complexity index is 1910. The molecule has 0 radical (unpaired) electrons. The summed E-state index contributed by atoms with van der Waals surface area (Å²) in [5, 5.41) is 6.81. The molecule has 3 aliphatic rings. The number of hydrogen-bond donors (Lipinski definition) is 2. The molecular formula is C33H33N9O6. The number of aryl methyl sites for hydroxylation is 1. The van der Waals surface area contributed by atoms with E-state index in [0.717, 1.165) is 17.0 Å². The quantitative estimate of drug-likeness (QED) is 0.251. The van der Waals surface area contributed by atoms with E-state index in [1.54, 1.807) is 4.68 Å². The van der Waals surface area contributed by atoms with Crippen LogP contribution < -0.4 is 30.7 Å². The van der Waals surface area contributed by atoms with Crippen LogP contribution in [-0.4, -0.2) is 74.8 Å². The van der Waals surface area contributed by atoms with Gasteiger partial charge in [-0.3, -0.25) is 14.5 Å². The van der Waals surface area contributed by atoms with Gasteiger partial charge in [0.25, 0.3) is 0 Å². The molecule has 3 aromatic carbocycles. The molecule has 246 valence electrons. The molecule has 15 nitrogen and oxygen atoms in total. The van der Waals surface area contributed by atoms with Crippen LogP contribution in [0.3, 0.4) is 0 Å². The fourth-order valence-corrected chi connectivity index (χ4v) is 5.94. The SMILES string of the molecule is Nc1ncnc2c1c(-c1ccc(Oc3ccccc3)cc1)nn2CCC(=O)N1CCN(c2ccc3c(c2)ON(C2CCONO2)O3)CC1. The average molecular weight is 652 g/mol. The molecule has 1 amide bonds. The molecule has 2 fully saturated rings. The van der Waals surface area contributed by atoms with Crippen molar-refractivity contribution >= 4 is 28.4 Å². The lowest BCUT2D eigenvalue weighted by atomic mass is 10.1. The third kappa shape index (κ3) is 6.02. The van der Waals surface area contributed by atoms with E-state index < -0.39 is 6.23 Å². The molecule has 2 saturated heterocycles. The Labute approximate surface area is 275 Å². The van der Waals surface area contributed by atoms with Crippen molar-refractivity contribution in [3.63, 3.8) is 0 Å². The van der Waals surface area contributed by atoms with Gasteiger partial charge in [0.15, 0.2) is 17.1 Å². The minimum absolute atomic E-state index is 0.0516. The second-order valence-electron chi connectivity index (χ2n) is 11.5. The van der Waals surface area contributed by atoms with Crippen LogP contribution in [0, 0.1) is 0 Å². The molecule has 0 spiro atoms. The number of carbonyl (C=O) groups is 1. The Kier molecular flexibility index (Phi) is 8.07. The number of rotatable bonds is 8. The van der Waals surface area contributed by atoms with E-state index in [9.17, 15) is 4.79 Å². The molecule has 0 bridgehead atoms. The highest BCUT2D eigenvalue weighted by molar-refractivity contribution is 5.98. The van der Waals surface area contributed by atoms with Crippen molar-refractivity contribution in [3.8, 4) is 34.3 Å². The number of ether oxygens (including phenoxy) is 1. The summed E-state index contributed by atoms with van der Waals surface area (Å²) in [4.78, 5) is 48.1. The second-order valence-corrected chi connectivity index (χ2v) is 11.5. The fourth-order valence-electron chi connectivity index (χ4n) is 5.94. The Balaban J connectivity index is 0.895. The smallest absolute Gasteiger partial charge is 0.224 e. The van der Waals surface area contributed by atoms with Crippen molar-refractivity contribution in [2.45, 2.75) is 25.6 Å². The first-order valence-electron chi connectivity index (χ1n) is 15.7. The normalized spacial score (nSPS) is 18.0. The average Bonchev–Trinajstić information content (AvgIpc) is 3.74. The van der Waals surface area contributed by atoms with Gasteiger partial charge >= 0.3 is 0 Å². The van der Waals surface area contributed by atoms with Crippen LogP contribution in [0.2, 0.25) is 0 Å². The standard InChI is InChI=1S/C33H33N9O6/c34-32-30-31(22-6-9-25(10-7-22)45-24-4-2-1-3-5-24)37-41(33(30)36-21-35-32)14-12-28(43)40-17-15-39(16-18-40)23-8-11-26-27(20-23)48-42(47-26)29-13-19-44-38-46-29/h1-11,20-21,29,38H,12-19H2,(H2,34,35,36). The molecule has 1 atom stereocenters. The van der Waals surface area contributed by atoms with Crippen LogP contribution >= 0.6 is 0 Å². The van der Waals surface area contributed by atoms with Gasteiger partial charge < -0.3 is 29.9 Å². The van der Waals surface area contributed by atoms with Gasteiger partial charge in [-0.1, -0.05) is 23.8 Å². The van der Waals surface area contributed by atoms with Crippen LogP contribution in [-0.2, 0) is 21.0 Å². The van der Waals surface area contributed by atoms with Gasteiger partial charge in [0.2, 0.25) is 12.1 Å². The first kappa shape index (κ1) is 29.9. The number of benzene rings is 3. The second kappa shape index (κ2) is 13.0. The minimum Gasteiger partial charge on any atom is -0.457 e. The fraction of sp³-hybridized carbons (Fsp3) is 0.273.